The number of rotatable bonds is 4. The first kappa shape index (κ1) is 17.7. The minimum atomic E-state index is -1.01. The third-order valence-corrected chi connectivity index (χ3v) is 4.69. The molecule has 0 bridgehead atoms. The molecule has 0 aliphatic rings. The van der Waals surface area contributed by atoms with Gasteiger partial charge in [0.05, 0.1) is 16.8 Å². The van der Waals surface area contributed by atoms with Crippen molar-refractivity contribution in [3.8, 4) is 11.3 Å². The number of nitrogens with two attached hydrogens (primary N) is 1. The topological polar surface area (TPSA) is 82.3 Å². The molecule has 0 saturated carbocycles. The molecule has 28 heavy (non-hydrogen) atoms. The van der Waals surface area contributed by atoms with Crippen molar-refractivity contribution in [2.24, 2.45) is 5.73 Å². The van der Waals surface area contributed by atoms with Gasteiger partial charge in [-0.3, -0.25) is 4.79 Å². The highest BCUT2D eigenvalue weighted by Crippen LogP contribution is 2.30. The summed E-state index contributed by atoms with van der Waals surface area (Å²) >= 11 is 0. The normalized spacial score (nSPS) is 12.0. The summed E-state index contributed by atoms with van der Waals surface area (Å²) in [6.45, 7) is 1.45. The van der Waals surface area contributed by atoms with Gasteiger partial charge in [-0.2, -0.15) is 0 Å². The first-order valence-electron chi connectivity index (χ1n) is 8.93. The van der Waals surface area contributed by atoms with Crippen LogP contribution in [0.3, 0.4) is 0 Å². The molecular weight excluding hydrogens is 352 g/mol. The number of benzene rings is 3. The number of ether oxygens (including phenoxy) is 1. The number of aromatic nitrogens is 1. The molecular formula is C23H18N2O3. The van der Waals surface area contributed by atoms with Gasteiger partial charge < -0.3 is 10.5 Å². The fraction of sp³-hybridized carbons (Fsp3) is 0.0870. The summed E-state index contributed by atoms with van der Waals surface area (Å²) in [6.07, 6.45) is -1.01. The standard InChI is InChI=1S/C23H18N2O3/c1-14(22(24)26)28-23(27)19-13-21(25-20-12-5-4-10-18(19)20)17-11-6-8-15-7-2-3-9-16(15)17/h2-14H,1H3,(H2,24,26)/t14-/m0/s1. The Hall–Kier alpha value is -3.73. The summed E-state index contributed by atoms with van der Waals surface area (Å²) in [5.41, 5.74) is 7.83. The number of carbonyl (C=O) groups is 2. The summed E-state index contributed by atoms with van der Waals surface area (Å²) in [5.74, 6) is -1.30. The van der Waals surface area contributed by atoms with Gasteiger partial charge in [-0.15, -0.1) is 0 Å². The Morgan fingerprint density at radius 1 is 0.929 bits per heavy atom. The molecule has 0 fully saturated rings. The molecule has 0 radical (unpaired) electrons. The Balaban J connectivity index is 1.91. The number of hydrogen-bond acceptors (Lipinski definition) is 4. The predicted octanol–water partition coefficient (Wildman–Crippen LogP) is 4.09. The van der Waals surface area contributed by atoms with Crippen LogP contribution in [-0.2, 0) is 9.53 Å². The van der Waals surface area contributed by atoms with Crippen molar-refractivity contribution < 1.29 is 14.3 Å². The van der Waals surface area contributed by atoms with Crippen molar-refractivity contribution in [2.45, 2.75) is 13.0 Å². The molecule has 5 nitrogen and oxygen atoms in total. The lowest BCUT2D eigenvalue weighted by Crippen LogP contribution is -2.30. The van der Waals surface area contributed by atoms with E-state index in [-0.39, 0.29) is 0 Å². The summed E-state index contributed by atoms with van der Waals surface area (Å²) < 4.78 is 5.24. The van der Waals surface area contributed by atoms with Gasteiger partial charge in [0, 0.05) is 10.9 Å². The van der Waals surface area contributed by atoms with Gasteiger partial charge in [0.1, 0.15) is 0 Å². The molecule has 1 aromatic heterocycles. The molecule has 138 valence electrons. The molecule has 4 rings (SSSR count). The SMILES string of the molecule is C[C@H](OC(=O)c1cc(-c2cccc3ccccc23)nc2ccccc12)C(N)=O. The van der Waals surface area contributed by atoms with Crippen molar-refractivity contribution >= 4 is 33.6 Å². The summed E-state index contributed by atoms with van der Waals surface area (Å²) in [7, 11) is 0. The summed E-state index contributed by atoms with van der Waals surface area (Å²) in [6, 6.07) is 23.0. The molecule has 0 aliphatic carbocycles. The summed E-state index contributed by atoms with van der Waals surface area (Å²) in [5, 5.41) is 2.78. The third-order valence-electron chi connectivity index (χ3n) is 4.69. The van der Waals surface area contributed by atoms with Crippen LogP contribution in [0, 0.1) is 0 Å². The second kappa shape index (κ2) is 7.12. The minimum Gasteiger partial charge on any atom is -0.449 e. The highest BCUT2D eigenvalue weighted by Gasteiger charge is 2.20. The average Bonchev–Trinajstić information content (AvgIpc) is 2.72. The first-order chi connectivity index (χ1) is 13.5. The van der Waals surface area contributed by atoms with E-state index in [4.69, 9.17) is 15.5 Å². The van der Waals surface area contributed by atoms with Crippen LogP contribution in [0.2, 0.25) is 0 Å². The number of esters is 1. The van der Waals surface area contributed by atoms with Crippen molar-refractivity contribution in [1.29, 1.82) is 0 Å². The number of carbonyl (C=O) groups excluding carboxylic acids is 2. The maximum absolute atomic E-state index is 12.8. The number of fused-ring (bicyclic) bond motifs is 2. The van der Waals surface area contributed by atoms with Crippen LogP contribution < -0.4 is 5.73 Å². The molecule has 0 aliphatic heterocycles. The molecule has 0 unspecified atom stereocenters. The van der Waals surface area contributed by atoms with Crippen LogP contribution in [0.15, 0.2) is 72.8 Å². The Morgan fingerprint density at radius 3 is 2.39 bits per heavy atom. The Labute approximate surface area is 161 Å². The van der Waals surface area contributed by atoms with Gasteiger partial charge in [-0.25, -0.2) is 9.78 Å². The van der Waals surface area contributed by atoms with Crippen molar-refractivity contribution in [1.82, 2.24) is 4.98 Å². The highest BCUT2D eigenvalue weighted by molar-refractivity contribution is 6.06. The zero-order valence-corrected chi connectivity index (χ0v) is 15.3. The van der Waals surface area contributed by atoms with Crippen LogP contribution in [0.4, 0.5) is 0 Å². The zero-order valence-electron chi connectivity index (χ0n) is 15.3. The number of pyridine rings is 1. The van der Waals surface area contributed by atoms with E-state index in [1.807, 2.05) is 60.7 Å². The fourth-order valence-corrected chi connectivity index (χ4v) is 3.21. The molecule has 0 spiro atoms. The van der Waals surface area contributed by atoms with Crippen molar-refractivity contribution in [2.75, 3.05) is 0 Å². The largest absolute Gasteiger partial charge is 0.449 e. The van der Waals surface area contributed by atoms with Crippen LogP contribution >= 0.6 is 0 Å². The molecule has 3 aromatic carbocycles. The average molecular weight is 370 g/mol. The molecule has 0 saturated heterocycles. The van der Waals surface area contributed by atoms with Crippen molar-refractivity contribution in [3.63, 3.8) is 0 Å². The van der Waals surface area contributed by atoms with Crippen LogP contribution in [0.5, 0.6) is 0 Å². The van der Waals surface area contributed by atoms with E-state index < -0.39 is 18.0 Å². The lowest BCUT2D eigenvalue weighted by molar-refractivity contribution is -0.125. The molecule has 5 heteroatoms. The zero-order chi connectivity index (χ0) is 19.7. The first-order valence-corrected chi connectivity index (χ1v) is 8.93. The van der Waals surface area contributed by atoms with E-state index in [0.717, 1.165) is 16.3 Å². The second-order valence-corrected chi connectivity index (χ2v) is 6.55. The molecule has 4 aromatic rings. The number of para-hydroxylation sites is 1. The van der Waals surface area contributed by atoms with Crippen LogP contribution in [-0.4, -0.2) is 23.0 Å². The van der Waals surface area contributed by atoms with Gasteiger partial charge in [0.15, 0.2) is 6.10 Å². The van der Waals surface area contributed by atoms with E-state index in [1.54, 1.807) is 12.1 Å². The Bertz CT molecular complexity index is 1210. The van der Waals surface area contributed by atoms with Crippen LogP contribution in [0.1, 0.15) is 17.3 Å². The molecule has 1 atom stereocenters. The van der Waals surface area contributed by atoms with Gasteiger partial charge in [0.25, 0.3) is 5.91 Å². The highest BCUT2D eigenvalue weighted by atomic mass is 16.5. The van der Waals surface area contributed by atoms with E-state index >= 15 is 0 Å². The van der Waals surface area contributed by atoms with Gasteiger partial charge in [0.2, 0.25) is 0 Å². The lowest BCUT2D eigenvalue weighted by atomic mass is 9.99. The number of hydrogen-bond donors (Lipinski definition) is 1. The van der Waals surface area contributed by atoms with Gasteiger partial charge in [-0.05, 0) is 29.8 Å². The Kier molecular flexibility index (Phi) is 4.49. The maximum atomic E-state index is 12.8. The number of primary amides is 1. The minimum absolute atomic E-state index is 0.349. The lowest BCUT2D eigenvalue weighted by Gasteiger charge is -2.13. The van der Waals surface area contributed by atoms with Crippen molar-refractivity contribution in [3.05, 3.63) is 78.4 Å². The fourth-order valence-electron chi connectivity index (χ4n) is 3.21. The molecule has 2 N–H and O–H groups in total. The van der Waals surface area contributed by atoms with Gasteiger partial charge in [-0.1, -0.05) is 60.7 Å². The predicted molar refractivity (Wildman–Crippen MR) is 109 cm³/mol. The van der Waals surface area contributed by atoms with E-state index in [0.29, 0.717) is 22.2 Å². The van der Waals surface area contributed by atoms with Crippen LogP contribution in [0.25, 0.3) is 32.9 Å². The van der Waals surface area contributed by atoms with E-state index in [2.05, 4.69) is 0 Å². The van der Waals surface area contributed by atoms with E-state index in [1.165, 1.54) is 6.92 Å². The smallest absolute Gasteiger partial charge is 0.339 e. The molecule has 1 heterocycles. The molecule has 1 amide bonds. The number of amides is 1. The quantitative estimate of drug-likeness (QED) is 0.549. The van der Waals surface area contributed by atoms with E-state index in [9.17, 15) is 9.59 Å². The maximum Gasteiger partial charge on any atom is 0.339 e. The summed E-state index contributed by atoms with van der Waals surface area (Å²) in [4.78, 5) is 28.8. The Morgan fingerprint density at radius 2 is 1.61 bits per heavy atom. The van der Waals surface area contributed by atoms with Gasteiger partial charge >= 0.3 is 5.97 Å². The second-order valence-electron chi connectivity index (χ2n) is 6.55. The monoisotopic (exact) mass is 370 g/mol. The third kappa shape index (κ3) is 3.18. The number of nitrogens with zero attached hydrogens (tertiary/aromatic N) is 1.